The first-order chi connectivity index (χ1) is 16.0. The fourth-order valence-electron chi connectivity index (χ4n) is 3.49. The van der Waals surface area contributed by atoms with Crippen LogP contribution in [0.1, 0.15) is 44.9 Å². The third kappa shape index (κ3) is 9.55. The van der Waals surface area contributed by atoms with E-state index in [0.717, 1.165) is 0 Å². The quantitative estimate of drug-likeness (QED) is 0.156. The molecule has 1 rings (SSSR count). The molecule has 13 nitrogen and oxygen atoms in total. The van der Waals surface area contributed by atoms with Crippen LogP contribution in [0.2, 0.25) is 0 Å². The Morgan fingerprint density at radius 2 is 1.59 bits per heavy atom. The largest absolute Gasteiger partial charge is 0.481 e. The number of hydrogen-bond donors (Lipinski definition) is 6. The van der Waals surface area contributed by atoms with Gasteiger partial charge in [-0.05, 0) is 44.1 Å². The van der Waals surface area contributed by atoms with E-state index in [0.29, 0.717) is 12.2 Å². The number of likely N-dealkylation sites (tertiary alicyclic amines) is 1. The molecule has 1 heterocycles. The average molecular weight is 505 g/mol. The molecule has 34 heavy (non-hydrogen) atoms. The molecule has 4 atom stereocenters. The molecule has 1 aliphatic rings. The minimum absolute atomic E-state index is 0.102. The smallest absolute Gasteiger partial charge is 0.326 e. The van der Waals surface area contributed by atoms with E-state index < -0.39 is 66.2 Å². The Morgan fingerprint density at radius 3 is 2.15 bits per heavy atom. The van der Waals surface area contributed by atoms with Crippen LogP contribution in [-0.4, -0.2) is 98.6 Å². The Labute approximate surface area is 200 Å². The van der Waals surface area contributed by atoms with E-state index in [4.69, 9.17) is 15.9 Å². The summed E-state index contributed by atoms with van der Waals surface area (Å²) in [6, 6.07) is -4.60. The molecule has 0 aromatic heterocycles. The third-order valence-electron chi connectivity index (χ3n) is 5.33. The van der Waals surface area contributed by atoms with Crippen molar-refractivity contribution in [3.05, 3.63) is 0 Å². The van der Waals surface area contributed by atoms with Crippen molar-refractivity contribution < 1.29 is 44.1 Å². The number of aliphatic carboxylic acids is 3. The molecule has 0 aliphatic carbocycles. The van der Waals surface area contributed by atoms with Crippen LogP contribution in [0.5, 0.6) is 0 Å². The van der Waals surface area contributed by atoms with Crippen LogP contribution in [0.25, 0.3) is 0 Å². The Bertz CT molecular complexity index is 779. The topological polar surface area (TPSA) is 216 Å². The van der Waals surface area contributed by atoms with Crippen LogP contribution >= 0.6 is 11.8 Å². The number of nitrogens with one attached hydrogen (secondary N) is 2. The first-order valence-corrected chi connectivity index (χ1v) is 12.2. The number of amides is 3. The van der Waals surface area contributed by atoms with Crippen molar-refractivity contribution in [2.45, 2.75) is 69.1 Å². The molecule has 4 unspecified atom stereocenters. The number of carboxylic acid groups (broad SMARTS) is 3. The molecule has 0 aromatic carbocycles. The lowest BCUT2D eigenvalue weighted by Crippen LogP contribution is -2.56. The van der Waals surface area contributed by atoms with Gasteiger partial charge in [-0.25, -0.2) is 4.79 Å². The predicted molar refractivity (Wildman–Crippen MR) is 121 cm³/mol. The standard InChI is InChI=1S/C20H32N4O9S/c1-34-10-8-13(20(32)33)23-17(29)12(5-7-16(27)28)22-18(30)14-3-2-9-24(14)19(31)11(21)4-6-15(25)26/h11-14H,2-10,21H2,1H3,(H,22,30)(H,23,29)(H,25,26)(H,27,28)(H,32,33). The maximum absolute atomic E-state index is 12.9. The van der Waals surface area contributed by atoms with Gasteiger partial charge in [0.1, 0.15) is 18.1 Å². The highest BCUT2D eigenvalue weighted by Gasteiger charge is 2.38. The van der Waals surface area contributed by atoms with Crippen LogP contribution in [0.4, 0.5) is 0 Å². The number of carbonyl (C=O) groups excluding carboxylic acids is 3. The van der Waals surface area contributed by atoms with Gasteiger partial charge in [0.2, 0.25) is 17.7 Å². The van der Waals surface area contributed by atoms with E-state index in [2.05, 4.69) is 10.6 Å². The number of rotatable bonds is 15. The maximum Gasteiger partial charge on any atom is 0.326 e. The average Bonchev–Trinajstić information content (AvgIpc) is 3.26. The van der Waals surface area contributed by atoms with Gasteiger partial charge in [0.25, 0.3) is 0 Å². The first-order valence-electron chi connectivity index (χ1n) is 10.8. The Kier molecular flexibility index (Phi) is 12.4. The van der Waals surface area contributed by atoms with Crippen LogP contribution in [0, 0.1) is 0 Å². The highest BCUT2D eigenvalue weighted by Crippen LogP contribution is 2.19. The minimum atomic E-state index is -1.32. The van der Waals surface area contributed by atoms with E-state index in [-0.39, 0.29) is 38.6 Å². The summed E-state index contributed by atoms with van der Waals surface area (Å²) in [6.07, 6.45) is 1.54. The summed E-state index contributed by atoms with van der Waals surface area (Å²) < 4.78 is 0. The first kappa shape index (κ1) is 29.2. The fourth-order valence-corrected chi connectivity index (χ4v) is 3.96. The van der Waals surface area contributed by atoms with Crippen LogP contribution in [0.3, 0.4) is 0 Å². The predicted octanol–water partition coefficient (Wildman–Crippen LogP) is -1.16. The number of carboxylic acids is 3. The summed E-state index contributed by atoms with van der Waals surface area (Å²) in [5, 5.41) is 31.9. The van der Waals surface area contributed by atoms with Gasteiger partial charge < -0.3 is 36.6 Å². The summed E-state index contributed by atoms with van der Waals surface area (Å²) in [7, 11) is 0. The van der Waals surface area contributed by atoms with Gasteiger partial charge in [-0.2, -0.15) is 11.8 Å². The monoisotopic (exact) mass is 504 g/mol. The Hall–Kier alpha value is -2.87. The van der Waals surface area contributed by atoms with Gasteiger partial charge in [-0.1, -0.05) is 0 Å². The van der Waals surface area contributed by atoms with Gasteiger partial charge >= 0.3 is 17.9 Å². The van der Waals surface area contributed by atoms with Crippen LogP contribution in [-0.2, 0) is 28.8 Å². The van der Waals surface area contributed by atoms with Gasteiger partial charge in [-0.15, -0.1) is 0 Å². The molecule has 3 amide bonds. The summed E-state index contributed by atoms with van der Waals surface area (Å²) in [5.41, 5.74) is 5.79. The molecule has 0 saturated carbocycles. The summed E-state index contributed by atoms with van der Waals surface area (Å²) in [6.45, 7) is 0.222. The molecular weight excluding hydrogens is 472 g/mol. The van der Waals surface area contributed by atoms with E-state index in [1.165, 1.54) is 16.7 Å². The molecule has 14 heteroatoms. The minimum Gasteiger partial charge on any atom is -0.481 e. The zero-order valence-electron chi connectivity index (χ0n) is 18.9. The second-order valence-electron chi connectivity index (χ2n) is 7.90. The lowest BCUT2D eigenvalue weighted by molar-refractivity contribution is -0.144. The second-order valence-corrected chi connectivity index (χ2v) is 8.89. The van der Waals surface area contributed by atoms with E-state index >= 15 is 0 Å². The summed E-state index contributed by atoms with van der Waals surface area (Å²) >= 11 is 1.39. The Balaban J connectivity index is 2.90. The number of thioether (sulfide) groups is 1. The molecule has 0 radical (unpaired) electrons. The van der Waals surface area contributed by atoms with Crippen molar-refractivity contribution in [1.29, 1.82) is 0 Å². The summed E-state index contributed by atoms with van der Waals surface area (Å²) in [4.78, 5) is 72.7. The molecule has 1 aliphatic heterocycles. The number of hydrogen-bond acceptors (Lipinski definition) is 8. The zero-order valence-corrected chi connectivity index (χ0v) is 19.7. The molecule has 7 N–H and O–H groups in total. The van der Waals surface area contributed by atoms with Crippen LogP contribution < -0.4 is 16.4 Å². The van der Waals surface area contributed by atoms with Gasteiger partial charge in [0, 0.05) is 19.4 Å². The molecule has 1 saturated heterocycles. The van der Waals surface area contributed by atoms with Crippen molar-refractivity contribution >= 4 is 47.4 Å². The lowest BCUT2D eigenvalue weighted by atomic mass is 10.1. The molecule has 0 bridgehead atoms. The normalized spacial score (nSPS) is 17.9. The SMILES string of the molecule is CSCCC(NC(=O)C(CCC(=O)O)NC(=O)C1CCCN1C(=O)C(N)CCC(=O)O)C(=O)O. The number of carbonyl (C=O) groups is 6. The highest BCUT2D eigenvalue weighted by molar-refractivity contribution is 7.98. The molecule has 0 aromatic rings. The summed E-state index contributed by atoms with van der Waals surface area (Å²) in [5.74, 6) is -5.23. The lowest BCUT2D eigenvalue weighted by Gasteiger charge is -2.28. The van der Waals surface area contributed by atoms with E-state index in [9.17, 15) is 33.9 Å². The third-order valence-corrected chi connectivity index (χ3v) is 5.97. The van der Waals surface area contributed by atoms with Gasteiger partial charge in [0.15, 0.2) is 0 Å². The molecular formula is C20H32N4O9S. The highest BCUT2D eigenvalue weighted by atomic mass is 32.2. The molecule has 1 fully saturated rings. The number of nitrogens with zero attached hydrogens (tertiary/aromatic N) is 1. The van der Waals surface area contributed by atoms with Crippen molar-refractivity contribution in [3.63, 3.8) is 0 Å². The van der Waals surface area contributed by atoms with E-state index in [1.807, 2.05) is 0 Å². The van der Waals surface area contributed by atoms with Gasteiger partial charge in [-0.3, -0.25) is 24.0 Å². The van der Waals surface area contributed by atoms with Crippen molar-refractivity contribution in [1.82, 2.24) is 15.5 Å². The van der Waals surface area contributed by atoms with Crippen molar-refractivity contribution in [2.75, 3.05) is 18.6 Å². The van der Waals surface area contributed by atoms with Crippen molar-refractivity contribution in [2.24, 2.45) is 5.73 Å². The second kappa shape index (κ2) is 14.4. The molecule has 0 spiro atoms. The van der Waals surface area contributed by atoms with Crippen molar-refractivity contribution in [3.8, 4) is 0 Å². The number of nitrogens with two attached hydrogens (primary N) is 1. The van der Waals surface area contributed by atoms with Gasteiger partial charge in [0.05, 0.1) is 6.04 Å². The zero-order chi connectivity index (χ0) is 25.8. The maximum atomic E-state index is 12.9. The Morgan fingerprint density at radius 1 is 0.971 bits per heavy atom. The molecule has 192 valence electrons. The van der Waals surface area contributed by atoms with E-state index in [1.54, 1.807) is 6.26 Å². The fraction of sp³-hybridized carbons (Fsp3) is 0.700. The van der Waals surface area contributed by atoms with Crippen LogP contribution in [0.15, 0.2) is 0 Å².